The number of aliphatic imine (C=N–C) groups is 1. The molecule has 3 aliphatic rings. The summed E-state index contributed by atoms with van der Waals surface area (Å²) in [5.74, 6) is -1.70. The number of morpholine rings is 1. The summed E-state index contributed by atoms with van der Waals surface area (Å²) >= 11 is 6.41. The highest BCUT2D eigenvalue weighted by atomic mass is 35.5. The van der Waals surface area contributed by atoms with Gasteiger partial charge in [0.25, 0.3) is 5.91 Å². The first-order chi connectivity index (χ1) is 18.3. The number of halogens is 1. The van der Waals surface area contributed by atoms with Gasteiger partial charge >= 0.3 is 0 Å². The maximum absolute atomic E-state index is 13.2. The predicted molar refractivity (Wildman–Crippen MR) is 145 cm³/mol. The number of ether oxygens (including phenoxy) is 2. The van der Waals surface area contributed by atoms with Crippen molar-refractivity contribution in [3.05, 3.63) is 23.2 Å². The number of rotatable bonds is 9. The Morgan fingerprint density at radius 3 is 2.63 bits per heavy atom. The van der Waals surface area contributed by atoms with Crippen molar-refractivity contribution in [2.45, 2.75) is 44.2 Å². The summed E-state index contributed by atoms with van der Waals surface area (Å²) in [5, 5.41) is 9.41. The third kappa shape index (κ3) is 5.96. The summed E-state index contributed by atoms with van der Waals surface area (Å²) in [6, 6.07) is 5.38. The zero-order valence-electron chi connectivity index (χ0n) is 21.9. The van der Waals surface area contributed by atoms with E-state index in [0.717, 1.165) is 18.8 Å². The first kappa shape index (κ1) is 28.3. The molecule has 0 aromatic heterocycles. The van der Waals surface area contributed by atoms with Gasteiger partial charge in [-0.2, -0.15) is 0 Å². The maximum Gasteiger partial charge on any atom is 0.268 e. The highest BCUT2D eigenvalue weighted by molar-refractivity contribution is 6.47. The van der Waals surface area contributed by atoms with Crippen LogP contribution in [-0.4, -0.2) is 81.7 Å². The second-order valence-corrected chi connectivity index (χ2v) is 10.6. The molecule has 5 N–H and O–H groups in total. The summed E-state index contributed by atoms with van der Waals surface area (Å²) in [7, 11) is 1.55. The molecule has 1 aromatic carbocycles. The molecule has 2 heterocycles. The van der Waals surface area contributed by atoms with E-state index in [4.69, 9.17) is 26.8 Å². The van der Waals surface area contributed by atoms with E-state index in [1.54, 1.807) is 13.2 Å². The number of primary amides is 1. The molecule has 0 bridgehead atoms. The lowest BCUT2D eigenvalue weighted by atomic mass is 9.69. The Balaban J connectivity index is 1.40. The summed E-state index contributed by atoms with van der Waals surface area (Å²) in [6.07, 6.45) is 2.16. The Bertz CT molecular complexity index is 1070. The number of nitrogens with two attached hydrogens (primary N) is 1. The van der Waals surface area contributed by atoms with E-state index in [9.17, 15) is 14.4 Å². The van der Waals surface area contributed by atoms with E-state index in [1.807, 2.05) is 19.1 Å². The number of anilines is 2. The number of hydrogen-bond donors (Lipinski definition) is 4. The fourth-order valence-electron chi connectivity index (χ4n) is 5.68. The van der Waals surface area contributed by atoms with Crippen molar-refractivity contribution in [3.63, 3.8) is 0 Å². The molecule has 1 aromatic rings. The lowest BCUT2D eigenvalue weighted by molar-refractivity contribution is -0.126. The standard InChI is InChI=1S/C26H37ClN6O5/c1-16(14-37-2)31-24(35)22-26(25(28)36,30-15-29-22)18-5-3-17(4-6-18)23(34)32-21-13-19(7-8-20(21)27)33-9-11-38-12-10-33/h7-8,13,16-18,30H,3-6,9-12,14-15H2,1-2H3,(H2,28,36)(H,31,35)(H,32,34). The molecule has 2 atom stereocenters. The molecular formula is C26H37ClN6O5. The van der Waals surface area contributed by atoms with Crippen LogP contribution in [-0.2, 0) is 23.9 Å². The lowest BCUT2D eigenvalue weighted by Gasteiger charge is -2.39. The van der Waals surface area contributed by atoms with Crippen molar-refractivity contribution in [1.82, 2.24) is 10.6 Å². The number of hydrogen-bond acceptors (Lipinski definition) is 8. The molecule has 2 aliphatic heterocycles. The normalized spacial score (nSPS) is 26.4. The number of carbonyl (C=O) groups is 3. The quantitative estimate of drug-likeness (QED) is 0.363. The van der Waals surface area contributed by atoms with Crippen molar-refractivity contribution < 1.29 is 23.9 Å². The Morgan fingerprint density at radius 1 is 1.26 bits per heavy atom. The number of carbonyl (C=O) groups excluding carboxylic acids is 3. The number of benzene rings is 1. The molecule has 11 nitrogen and oxygen atoms in total. The van der Waals surface area contributed by atoms with Crippen LogP contribution in [0.2, 0.25) is 5.02 Å². The summed E-state index contributed by atoms with van der Waals surface area (Å²) in [6.45, 7) is 5.15. The summed E-state index contributed by atoms with van der Waals surface area (Å²) in [4.78, 5) is 45.5. The molecule has 208 valence electrons. The summed E-state index contributed by atoms with van der Waals surface area (Å²) in [5.41, 5.74) is 6.17. The molecule has 2 unspecified atom stereocenters. The highest BCUT2D eigenvalue weighted by Gasteiger charge is 2.54. The van der Waals surface area contributed by atoms with E-state index in [-0.39, 0.29) is 36.2 Å². The van der Waals surface area contributed by atoms with Gasteiger partial charge in [-0.05, 0) is 56.7 Å². The smallest absolute Gasteiger partial charge is 0.268 e. The average Bonchev–Trinajstić information content (AvgIpc) is 3.37. The molecule has 3 amide bonds. The van der Waals surface area contributed by atoms with Crippen molar-refractivity contribution in [2.75, 3.05) is 56.9 Å². The fourth-order valence-corrected chi connectivity index (χ4v) is 5.84. The van der Waals surface area contributed by atoms with Crippen LogP contribution in [0.4, 0.5) is 11.4 Å². The van der Waals surface area contributed by atoms with Gasteiger partial charge in [0, 0.05) is 37.8 Å². The van der Waals surface area contributed by atoms with Gasteiger partial charge in [-0.3, -0.25) is 24.7 Å². The molecule has 1 saturated heterocycles. The number of amides is 3. The minimum Gasteiger partial charge on any atom is -0.383 e. The van der Waals surface area contributed by atoms with Gasteiger partial charge in [-0.15, -0.1) is 0 Å². The van der Waals surface area contributed by atoms with E-state index < -0.39 is 17.4 Å². The van der Waals surface area contributed by atoms with Crippen molar-refractivity contribution in [1.29, 1.82) is 0 Å². The van der Waals surface area contributed by atoms with E-state index in [0.29, 0.717) is 56.2 Å². The zero-order valence-corrected chi connectivity index (χ0v) is 22.7. The fraction of sp³-hybridized carbons (Fsp3) is 0.615. The first-order valence-electron chi connectivity index (χ1n) is 13.1. The third-order valence-corrected chi connectivity index (χ3v) is 7.99. The monoisotopic (exact) mass is 548 g/mol. The van der Waals surface area contributed by atoms with Crippen molar-refractivity contribution >= 4 is 46.4 Å². The van der Waals surface area contributed by atoms with E-state index in [1.165, 1.54) is 0 Å². The highest BCUT2D eigenvalue weighted by Crippen LogP contribution is 2.39. The Hall–Kier alpha value is -2.73. The molecule has 2 fully saturated rings. The molecule has 0 spiro atoms. The molecular weight excluding hydrogens is 512 g/mol. The van der Waals surface area contributed by atoms with Crippen molar-refractivity contribution in [2.24, 2.45) is 22.6 Å². The second-order valence-electron chi connectivity index (χ2n) is 10.1. The van der Waals surface area contributed by atoms with Gasteiger partial charge in [-0.25, -0.2) is 0 Å². The zero-order chi connectivity index (χ0) is 27.3. The third-order valence-electron chi connectivity index (χ3n) is 7.66. The molecule has 12 heteroatoms. The van der Waals surface area contributed by atoms with Crippen LogP contribution in [0.5, 0.6) is 0 Å². The second kappa shape index (κ2) is 12.4. The van der Waals surface area contributed by atoms with Crippen LogP contribution >= 0.6 is 11.6 Å². The predicted octanol–water partition coefficient (Wildman–Crippen LogP) is 1.30. The molecule has 38 heavy (non-hydrogen) atoms. The summed E-state index contributed by atoms with van der Waals surface area (Å²) < 4.78 is 10.5. The average molecular weight is 549 g/mol. The van der Waals surface area contributed by atoms with Crippen LogP contribution < -0.4 is 26.6 Å². The SMILES string of the molecule is COCC(C)NC(=O)C1=NCNC1(C(N)=O)C1CCC(C(=O)Nc2cc(N3CCOCC3)ccc2Cl)CC1. The minimum atomic E-state index is -1.37. The minimum absolute atomic E-state index is 0.104. The molecule has 4 rings (SSSR count). The van der Waals surface area contributed by atoms with E-state index in [2.05, 4.69) is 25.8 Å². The van der Waals surface area contributed by atoms with Gasteiger partial charge < -0.3 is 30.7 Å². The Labute approximate surface area is 227 Å². The molecule has 1 aliphatic carbocycles. The van der Waals surface area contributed by atoms with Crippen molar-refractivity contribution in [3.8, 4) is 0 Å². The number of nitrogens with zero attached hydrogens (tertiary/aromatic N) is 2. The van der Waals surface area contributed by atoms with Crippen LogP contribution in [0, 0.1) is 11.8 Å². The van der Waals surface area contributed by atoms with Crippen LogP contribution in [0.1, 0.15) is 32.6 Å². The number of methoxy groups -OCH3 is 1. The van der Waals surface area contributed by atoms with E-state index >= 15 is 0 Å². The molecule has 0 radical (unpaired) electrons. The van der Waals surface area contributed by atoms with Gasteiger partial charge in [-0.1, -0.05) is 11.6 Å². The van der Waals surface area contributed by atoms with Gasteiger partial charge in [0.05, 0.1) is 37.2 Å². The van der Waals surface area contributed by atoms with Crippen LogP contribution in [0.3, 0.4) is 0 Å². The van der Waals surface area contributed by atoms with Crippen LogP contribution in [0.25, 0.3) is 0 Å². The first-order valence-corrected chi connectivity index (χ1v) is 13.5. The van der Waals surface area contributed by atoms with Gasteiger partial charge in [0.1, 0.15) is 11.3 Å². The topological polar surface area (TPSA) is 147 Å². The largest absolute Gasteiger partial charge is 0.383 e. The van der Waals surface area contributed by atoms with Crippen LogP contribution in [0.15, 0.2) is 23.2 Å². The lowest BCUT2D eigenvalue weighted by Crippen LogP contribution is -2.66. The van der Waals surface area contributed by atoms with Gasteiger partial charge in [0.15, 0.2) is 0 Å². The number of nitrogens with one attached hydrogen (secondary N) is 3. The maximum atomic E-state index is 13.2. The van der Waals surface area contributed by atoms with Gasteiger partial charge in [0.2, 0.25) is 11.8 Å². The molecule has 1 saturated carbocycles. The Kier molecular flexibility index (Phi) is 9.24. The Morgan fingerprint density at radius 2 is 1.97 bits per heavy atom.